The molecule has 0 aliphatic heterocycles. The third-order valence-electron chi connectivity index (χ3n) is 3.10. The predicted octanol–water partition coefficient (Wildman–Crippen LogP) is 3.94. The highest BCUT2D eigenvalue weighted by atomic mass is 14.5. The van der Waals surface area contributed by atoms with Crippen LogP contribution in [0.2, 0.25) is 0 Å². The molecule has 0 bridgehead atoms. The van der Waals surface area contributed by atoms with Crippen molar-refractivity contribution in [1.29, 1.82) is 0 Å². The molecule has 0 heterocycles. The third-order valence-corrected chi connectivity index (χ3v) is 3.10. The van der Waals surface area contributed by atoms with Gasteiger partial charge in [-0.1, -0.05) is 62.4 Å². The molecule has 0 aliphatic rings. The van der Waals surface area contributed by atoms with E-state index in [9.17, 15) is 0 Å². The Labute approximate surface area is 103 Å². The molecular formula is C16H19N. The van der Waals surface area contributed by atoms with Crippen molar-refractivity contribution in [1.82, 2.24) is 0 Å². The molecular weight excluding hydrogens is 206 g/mol. The summed E-state index contributed by atoms with van der Waals surface area (Å²) < 4.78 is 0. The molecule has 0 saturated carbocycles. The number of nitrogens with two attached hydrogens (primary N) is 1. The van der Waals surface area contributed by atoms with Gasteiger partial charge in [0.25, 0.3) is 0 Å². The number of hydrogen-bond acceptors (Lipinski definition) is 1. The maximum atomic E-state index is 5.59. The van der Waals surface area contributed by atoms with Gasteiger partial charge in [-0.25, -0.2) is 0 Å². The summed E-state index contributed by atoms with van der Waals surface area (Å²) in [5, 5.41) is 0. The largest absolute Gasteiger partial charge is 0.326 e. The molecule has 2 aromatic rings. The van der Waals surface area contributed by atoms with Crippen molar-refractivity contribution < 1.29 is 0 Å². The van der Waals surface area contributed by atoms with Gasteiger partial charge in [0.15, 0.2) is 0 Å². The van der Waals surface area contributed by atoms with Crippen molar-refractivity contribution in [2.45, 2.75) is 26.3 Å². The Balaban J connectivity index is 2.26. The van der Waals surface area contributed by atoms with E-state index in [1.807, 2.05) is 0 Å². The van der Waals surface area contributed by atoms with E-state index in [1.165, 1.54) is 22.3 Å². The summed E-state index contributed by atoms with van der Waals surface area (Å²) in [5.74, 6) is 0.587. The number of rotatable bonds is 3. The smallest absolute Gasteiger partial charge is 0.0178 e. The second kappa shape index (κ2) is 5.15. The lowest BCUT2D eigenvalue weighted by Gasteiger charge is -2.07. The molecule has 0 aliphatic carbocycles. The SMILES string of the molecule is CC(C)c1ccc(-c2ccc(CN)cc2)cc1. The molecule has 2 N–H and O–H groups in total. The molecule has 1 nitrogen and oxygen atoms in total. The van der Waals surface area contributed by atoms with Gasteiger partial charge in [0.1, 0.15) is 0 Å². The quantitative estimate of drug-likeness (QED) is 0.841. The highest BCUT2D eigenvalue weighted by Gasteiger charge is 2.00. The van der Waals surface area contributed by atoms with E-state index in [4.69, 9.17) is 5.73 Å². The van der Waals surface area contributed by atoms with Crippen LogP contribution in [0.3, 0.4) is 0 Å². The Bertz CT molecular complexity index is 466. The maximum Gasteiger partial charge on any atom is 0.0178 e. The Morgan fingerprint density at radius 2 is 1.29 bits per heavy atom. The van der Waals surface area contributed by atoms with Gasteiger partial charge in [-0.05, 0) is 28.2 Å². The van der Waals surface area contributed by atoms with Crippen molar-refractivity contribution in [2.75, 3.05) is 0 Å². The van der Waals surface area contributed by atoms with Crippen LogP contribution >= 0.6 is 0 Å². The molecule has 2 rings (SSSR count). The highest BCUT2D eigenvalue weighted by molar-refractivity contribution is 5.64. The van der Waals surface area contributed by atoms with Crippen molar-refractivity contribution in [3.05, 3.63) is 59.7 Å². The zero-order chi connectivity index (χ0) is 12.3. The number of hydrogen-bond donors (Lipinski definition) is 1. The molecule has 0 amide bonds. The van der Waals surface area contributed by atoms with Gasteiger partial charge >= 0.3 is 0 Å². The van der Waals surface area contributed by atoms with E-state index in [0.29, 0.717) is 12.5 Å². The van der Waals surface area contributed by atoms with Crippen LogP contribution in [0.1, 0.15) is 30.9 Å². The minimum atomic E-state index is 0.587. The Kier molecular flexibility index (Phi) is 3.60. The van der Waals surface area contributed by atoms with Crippen molar-refractivity contribution >= 4 is 0 Å². The summed E-state index contributed by atoms with van der Waals surface area (Å²) in [6.07, 6.45) is 0. The minimum Gasteiger partial charge on any atom is -0.326 e. The molecule has 1 heteroatoms. The van der Waals surface area contributed by atoms with Crippen LogP contribution in [0.4, 0.5) is 0 Å². The second-order valence-electron chi connectivity index (χ2n) is 4.68. The van der Waals surface area contributed by atoms with Crippen LogP contribution in [-0.2, 0) is 6.54 Å². The third kappa shape index (κ3) is 2.75. The first-order chi connectivity index (χ1) is 8.20. The fourth-order valence-corrected chi connectivity index (χ4v) is 1.89. The lowest BCUT2D eigenvalue weighted by Crippen LogP contribution is -1.95. The van der Waals surface area contributed by atoms with Gasteiger partial charge in [-0.15, -0.1) is 0 Å². The van der Waals surface area contributed by atoms with Crippen LogP contribution in [0, 0.1) is 0 Å². The van der Waals surface area contributed by atoms with E-state index in [-0.39, 0.29) is 0 Å². The minimum absolute atomic E-state index is 0.587. The standard InChI is InChI=1S/C16H19N/c1-12(2)14-7-9-16(10-8-14)15-5-3-13(11-17)4-6-15/h3-10,12H,11,17H2,1-2H3. The lowest BCUT2D eigenvalue weighted by molar-refractivity contribution is 0.867. The summed E-state index contributed by atoms with van der Waals surface area (Å²) in [6.45, 7) is 5.03. The molecule has 0 radical (unpaired) electrons. The van der Waals surface area contributed by atoms with Gasteiger partial charge in [0.2, 0.25) is 0 Å². The van der Waals surface area contributed by atoms with Crippen LogP contribution in [-0.4, -0.2) is 0 Å². The fraction of sp³-hybridized carbons (Fsp3) is 0.250. The molecule has 0 spiro atoms. The molecule has 0 saturated heterocycles. The first-order valence-corrected chi connectivity index (χ1v) is 6.10. The summed E-state index contributed by atoms with van der Waals surface area (Å²) in [4.78, 5) is 0. The lowest BCUT2D eigenvalue weighted by atomic mass is 9.98. The van der Waals surface area contributed by atoms with Crippen LogP contribution in [0.5, 0.6) is 0 Å². The normalized spacial score (nSPS) is 10.8. The summed E-state index contributed by atoms with van der Waals surface area (Å²) in [5.41, 5.74) is 10.7. The molecule has 88 valence electrons. The Morgan fingerprint density at radius 3 is 1.71 bits per heavy atom. The zero-order valence-corrected chi connectivity index (χ0v) is 10.5. The molecule has 17 heavy (non-hydrogen) atoms. The molecule has 2 aromatic carbocycles. The monoisotopic (exact) mass is 225 g/mol. The Morgan fingerprint density at radius 1 is 0.824 bits per heavy atom. The van der Waals surface area contributed by atoms with Crippen LogP contribution in [0.15, 0.2) is 48.5 Å². The van der Waals surface area contributed by atoms with E-state index < -0.39 is 0 Å². The summed E-state index contributed by atoms with van der Waals surface area (Å²) in [7, 11) is 0. The van der Waals surface area contributed by atoms with E-state index in [0.717, 1.165) is 0 Å². The van der Waals surface area contributed by atoms with Crippen molar-refractivity contribution in [3.63, 3.8) is 0 Å². The molecule has 0 atom stereocenters. The zero-order valence-electron chi connectivity index (χ0n) is 10.5. The average molecular weight is 225 g/mol. The number of benzene rings is 2. The second-order valence-corrected chi connectivity index (χ2v) is 4.68. The Hall–Kier alpha value is -1.60. The van der Waals surface area contributed by atoms with Gasteiger partial charge in [0, 0.05) is 6.54 Å². The van der Waals surface area contributed by atoms with Gasteiger partial charge in [0.05, 0.1) is 0 Å². The van der Waals surface area contributed by atoms with E-state index >= 15 is 0 Å². The topological polar surface area (TPSA) is 26.0 Å². The highest BCUT2D eigenvalue weighted by Crippen LogP contribution is 2.22. The van der Waals surface area contributed by atoms with Gasteiger partial charge < -0.3 is 5.73 Å². The van der Waals surface area contributed by atoms with Crippen molar-refractivity contribution in [2.24, 2.45) is 5.73 Å². The first-order valence-electron chi connectivity index (χ1n) is 6.10. The first kappa shape index (κ1) is 11.9. The van der Waals surface area contributed by atoms with Crippen molar-refractivity contribution in [3.8, 4) is 11.1 Å². The maximum absolute atomic E-state index is 5.59. The van der Waals surface area contributed by atoms with E-state index in [1.54, 1.807) is 0 Å². The van der Waals surface area contributed by atoms with Gasteiger partial charge in [-0.3, -0.25) is 0 Å². The van der Waals surface area contributed by atoms with Gasteiger partial charge in [-0.2, -0.15) is 0 Å². The molecule has 0 unspecified atom stereocenters. The van der Waals surface area contributed by atoms with Crippen LogP contribution < -0.4 is 5.73 Å². The van der Waals surface area contributed by atoms with Crippen LogP contribution in [0.25, 0.3) is 11.1 Å². The van der Waals surface area contributed by atoms with E-state index in [2.05, 4.69) is 62.4 Å². The summed E-state index contributed by atoms with van der Waals surface area (Å²) >= 11 is 0. The average Bonchev–Trinajstić information content (AvgIpc) is 2.39. The summed E-state index contributed by atoms with van der Waals surface area (Å²) in [6, 6.07) is 17.2. The predicted molar refractivity (Wildman–Crippen MR) is 73.9 cm³/mol. The molecule has 0 aromatic heterocycles. The molecule has 0 fully saturated rings. The fourth-order valence-electron chi connectivity index (χ4n) is 1.89.